The van der Waals surface area contributed by atoms with Crippen LogP contribution in [0.5, 0.6) is 0 Å². The first kappa shape index (κ1) is 23.9. The minimum Gasteiger partial charge on any atom is -0.346 e. The van der Waals surface area contributed by atoms with E-state index in [4.69, 9.17) is 12.2 Å². The zero-order chi connectivity index (χ0) is 24.7. The zero-order valence-corrected chi connectivity index (χ0v) is 20.9. The number of rotatable bonds is 5. The third kappa shape index (κ3) is 5.54. The lowest BCUT2D eigenvalue weighted by Gasteiger charge is -2.40. The summed E-state index contributed by atoms with van der Waals surface area (Å²) in [4.78, 5) is 17.2. The van der Waals surface area contributed by atoms with Crippen LogP contribution in [0.4, 0.5) is 0 Å². The number of benzene rings is 4. The number of nitrogens with zero attached hydrogens (tertiary/aromatic N) is 2. The Labute approximate surface area is 217 Å². The second kappa shape index (κ2) is 11.3. The molecule has 0 radical (unpaired) electrons. The Kier molecular flexibility index (Phi) is 7.50. The third-order valence-electron chi connectivity index (χ3n) is 6.67. The van der Waals surface area contributed by atoms with Gasteiger partial charge in [-0.1, -0.05) is 103 Å². The monoisotopic (exact) mass is 491 g/mol. The van der Waals surface area contributed by atoms with Crippen molar-refractivity contribution in [2.75, 3.05) is 26.2 Å². The van der Waals surface area contributed by atoms with Crippen LogP contribution in [0.1, 0.15) is 22.7 Å². The summed E-state index contributed by atoms with van der Waals surface area (Å²) < 4.78 is 0. The normalized spacial score (nSPS) is 14.4. The number of fused-ring (bicyclic) bond motifs is 1. The summed E-state index contributed by atoms with van der Waals surface area (Å²) >= 11 is 5.59. The molecule has 0 unspecified atom stereocenters. The summed E-state index contributed by atoms with van der Waals surface area (Å²) in [5.74, 6) is -0.207. The SMILES string of the molecule is O=C(/C=C/c1cccc2ccccc12)NC(=S)N1CCN(C(c2ccccc2)c2ccccc2)CC1. The molecule has 1 saturated heterocycles. The van der Waals surface area contributed by atoms with Gasteiger partial charge in [0.15, 0.2) is 5.11 Å². The molecule has 0 bridgehead atoms. The highest BCUT2D eigenvalue weighted by Crippen LogP contribution is 2.29. The Balaban J connectivity index is 1.21. The summed E-state index contributed by atoms with van der Waals surface area (Å²) in [7, 11) is 0. The summed E-state index contributed by atoms with van der Waals surface area (Å²) in [6.45, 7) is 3.25. The Morgan fingerprint density at radius 2 is 1.33 bits per heavy atom. The number of hydrogen-bond acceptors (Lipinski definition) is 3. The number of nitrogens with one attached hydrogen (secondary N) is 1. The maximum Gasteiger partial charge on any atom is 0.250 e. The minimum atomic E-state index is -0.207. The minimum absolute atomic E-state index is 0.196. The van der Waals surface area contributed by atoms with Gasteiger partial charge < -0.3 is 4.90 Å². The van der Waals surface area contributed by atoms with Gasteiger partial charge in [0.05, 0.1) is 6.04 Å². The first-order chi connectivity index (χ1) is 17.7. The van der Waals surface area contributed by atoms with Crippen LogP contribution in [0.25, 0.3) is 16.8 Å². The predicted molar refractivity (Wildman–Crippen MR) is 152 cm³/mol. The van der Waals surface area contributed by atoms with Crippen molar-refractivity contribution in [1.29, 1.82) is 0 Å². The predicted octanol–water partition coefficient (Wildman–Crippen LogP) is 5.66. The van der Waals surface area contributed by atoms with Crippen molar-refractivity contribution in [1.82, 2.24) is 15.1 Å². The molecule has 0 atom stereocenters. The number of thiocarbonyl (C=S) groups is 1. The lowest BCUT2D eigenvalue weighted by Crippen LogP contribution is -2.53. The molecule has 5 heteroatoms. The van der Waals surface area contributed by atoms with E-state index < -0.39 is 0 Å². The van der Waals surface area contributed by atoms with E-state index in [0.717, 1.165) is 42.5 Å². The van der Waals surface area contributed by atoms with Gasteiger partial charge in [0.1, 0.15) is 0 Å². The van der Waals surface area contributed by atoms with Crippen molar-refractivity contribution < 1.29 is 4.79 Å². The third-order valence-corrected chi connectivity index (χ3v) is 7.03. The van der Waals surface area contributed by atoms with E-state index >= 15 is 0 Å². The number of carbonyl (C=O) groups is 1. The Bertz CT molecular complexity index is 1320. The summed E-state index contributed by atoms with van der Waals surface area (Å²) in [6, 6.07) is 35.7. The molecule has 1 aliphatic rings. The molecular weight excluding hydrogens is 462 g/mol. The van der Waals surface area contributed by atoms with E-state index in [1.807, 2.05) is 30.3 Å². The maximum absolute atomic E-state index is 12.6. The molecule has 4 nitrogen and oxygen atoms in total. The molecule has 1 aliphatic heterocycles. The molecule has 4 aromatic rings. The van der Waals surface area contributed by atoms with Gasteiger partial charge in [0.25, 0.3) is 0 Å². The lowest BCUT2D eigenvalue weighted by atomic mass is 9.96. The number of piperazine rings is 1. The fraction of sp³-hybridized carbons (Fsp3) is 0.161. The van der Waals surface area contributed by atoms with Crippen LogP contribution in [0, 0.1) is 0 Å². The van der Waals surface area contributed by atoms with Crippen LogP contribution in [-0.4, -0.2) is 47.0 Å². The molecule has 0 aromatic heterocycles. The highest BCUT2D eigenvalue weighted by molar-refractivity contribution is 7.80. The van der Waals surface area contributed by atoms with Gasteiger partial charge >= 0.3 is 0 Å². The van der Waals surface area contributed by atoms with Crippen molar-refractivity contribution in [2.45, 2.75) is 6.04 Å². The van der Waals surface area contributed by atoms with Crippen molar-refractivity contribution >= 4 is 40.1 Å². The van der Waals surface area contributed by atoms with Crippen molar-refractivity contribution in [3.8, 4) is 0 Å². The van der Waals surface area contributed by atoms with Gasteiger partial charge in [-0.15, -0.1) is 0 Å². The van der Waals surface area contributed by atoms with Crippen LogP contribution in [0.3, 0.4) is 0 Å². The van der Waals surface area contributed by atoms with E-state index in [0.29, 0.717) is 5.11 Å². The fourth-order valence-corrected chi connectivity index (χ4v) is 5.14. The molecule has 1 amide bonds. The Morgan fingerprint density at radius 1 is 0.750 bits per heavy atom. The molecule has 180 valence electrons. The Hall–Kier alpha value is -3.80. The second-order valence-corrected chi connectivity index (χ2v) is 9.33. The molecule has 5 rings (SSSR count). The van der Waals surface area contributed by atoms with Gasteiger partial charge in [-0.2, -0.15) is 0 Å². The van der Waals surface area contributed by atoms with Crippen LogP contribution < -0.4 is 5.32 Å². The largest absolute Gasteiger partial charge is 0.346 e. The molecule has 1 fully saturated rings. The summed E-state index contributed by atoms with van der Waals surface area (Å²) in [5.41, 5.74) is 3.58. The van der Waals surface area contributed by atoms with Crippen LogP contribution in [0.15, 0.2) is 109 Å². The number of hydrogen-bond donors (Lipinski definition) is 1. The average molecular weight is 492 g/mol. The van der Waals surface area contributed by atoms with Gasteiger partial charge in [-0.05, 0) is 45.8 Å². The van der Waals surface area contributed by atoms with E-state index in [-0.39, 0.29) is 11.9 Å². The first-order valence-corrected chi connectivity index (χ1v) is 12.7. The highest BCUT2D eigenvalue weighted by atomic mass is 32.1. The molecular formula is C31H29N3OS. The standard InChI is InChI=1S/C31H29N3OS/c35-29(19-18-25-16-9-15-24-10-7-8-17-28(24)25)32-31(36)34-22-20-33(21-23-34)30(26-11-3-1-4-12-26)27-13-5-2-6-14-27/h1-19,30H,20-23H2,(H,32,35,36)/b19-18+. The molecule has 4 aromatic carbocycles. The van der Waals surface area contributed by atoms with Gasteiger partial charge in [-0.3, -0.25) is 15.0 Å². The van der Waals surface area contributed by atoms with E-state index in [2.05, 4.69) is 94.0 Å². The van der Waals surface area contributed by atoms with Gasteiger partial charge in [-0.25, -0.2) is 0 Å². The quantitative estimate of drug-likeness (QED) is 0.289. The first-order valence-electron chi connectivity index (χ1n) is 12.3. The number of amides is 1. The van der Waals surface area contributed by atoms with Crippen LogP contribution in [-0.2, 0) is 4.79 Å². The number of carbonyl (C=O) groups excluding carboxylic acids is 1. The topological polar surface area (TPSA) is 35.6 Å². The van der Waals surface area contributed by atoms with E-state index in [1.54, 1.807) is 6.08 Å². The zero-order valence-electron chi connectivity index (χ0n) is 20.1. The van der Waals surface area contributed by atoms with Crippen molar-refractivity contribution in [2.24, 2.45) is 0 Å². The molecule has 0 spiro atoms. The van der Waals surface area contributed by atoms with E-state index in [1.165, 1.54) is 11.1 Å². The second-order valence-electron chi connectivity index (χ2n) is 8.94. The highest BCUT2D eigenvalue weighted by Gasteiger charge is 2.27. The van der Waals surface area contributed by atoms with Crippen LogP contribution in [0.2, 0.25) is 0 Å². The van der Waals surface area contributed by atoms with Gasteiger partial charge in [0.2, 0.25) is 5.91 Å². The van der Waals surface area contributed by atoms with Crippen molar-refractivity contribution in [3.63, 3.8) is 0 Å². The molecule has 1 heterocycles. The fourth-order valence-electron chi connectivity index (χ4n) is 4.86. The molecule has 1 N–H and O–H groups in total. The summed E-state index contributed by atoms with van der Waals surface area (Å²) in [5, 5.41) is 5.64. The average Bonchev–Trinajstić information content (AvgIpc) is 2.93. The summed E-state index contributed by atoms with van der Waals surface area (Å²) in [6.07, 6.45) is 3.41. The van der Waals surface area contributed by atoms with Crippen LogP contribution >= 0.6 is 12.2 Å². The Morgan fingerprint density at radius 3 is 2.00 bits per heavy atom. The molecule has 0 aliphatic carbocycles. The molecule has 36 heavy (non-hydrogen) atoms. The maximum atomic E-state index is 12.6. The molecule has 0 saturated carbocycles. The van der Waals surface area contributed by atoms with Crippen molar-refractivity contribution in [3.05, 3.63) is 126 Å². The smallest absolute Gasteiger partial charge is 0.250 e. The van der Waals surface area contributed by atoms with Gasteiger partial charge in [0, 0.05) is 32.3 Å². The lowest BCUT2D eigenvalue weighted by molar-refractivity contribution is -0.115. The van der Waals surface area contributed by atoms with E-state index in [9.17, 15) is 4.79 Å².